The summed E-state index contributed by atoms with van der Waals surface area (Å²) in [6.07, 6.45) is 2.55. The highest BCUT2D eigenvalue weighted by atomic mass is 32.2. The Kier molecular flexibility index (Phi) is 5.17. The van der Waals surface area contributed by atoms with Crippen molar-refractivity contribution < 1.29 is 13.3 Å². The first kappa shape index (κ1) is 17.9. The Hall–Kier alpha value is -2.49. The molecule has 0 spiro atoms. The van der Waals surface area contributed by atoms with Gasteiger partial charge < -0.3 is 9.88 Å². The molecule has 24 heavy (non-hydrogen) atoms. The first-order chi connectivity index (χ1) is 11.2. The van der Waals surface area contributed by atoms with Crippen molar-refractivity contribution in [3.8, 4) is 0 Å². The third-order valence-electron chi connectivity index (χ3n) is 3.41. The van der Waals surface area contributed by atoms with E-state index in [0.29, 0.717) is 13.1 Å². The largest absolute Gasteiger partial charge is 0.378 e. The van der Waals surface area contributed by atoms with Crippen molar-refractivity contribution in [2.45, 2.75) is 31.2 Å². The van der Waals surface area contributed by atoms with Gasteiger partial charge in [-0.15, -0.1) is 10.2 Å². The highest BCUT2D eigenvalue weighted by Gasteiger charge is 2.25. The van der Waals surface area contributed by atoms with Gasteiger partial charge in [0.05, 0.1) is 4.92 Å². The van der Waals surface area contributed by atoms with E-state index in [1.165, 1.54) is 18.2 Å². The predicted octanol–water partition coefficient (Wildman–Crippen LogP) is 1.83. The van der Waals surface area contributed by atoms with Gasteiger partial charge >= 0.3 is 5.69 Å². The van der Waals surface area contributed by atoms with Gasteiger partial charge in [0.15, 0.2) is 9.84 Å². The van der Waals surface area contributed by atoms with Gasteiger partial charge in [-0.25, -0.2) is 8.42 Å². The van der Waals surface area contributed by atoms with Crippen LogP contribution in [-0.2, 0) is 16.4 Å². The molecule has 0 amide bonds. The van der Waals surface area contributed by atoms with E-state index in [9.17, 15) is 18.5 Å². The molecule has 10 heteroatoms. The monoisotopic (exact) mass is 353 g/mol. The average Bonchev–Trinajstić information content (AvgIpc) is 2.94. The van der Waals surface area contributed by atoms with Crippen molar-refractivity contribution >= 4 is 21.2 Å². The zero-order chi connectivity index (χ0) is 17.9. The summed E-state index contributed by atoms with van der Waals surface area (Å²) in [6.45, 7) is 4.86. The molecule has 0 aliphatic heterocycles. The number of benzene rings is 1. The molecule has 0 aliphatic rings. The lowest BCUT2D eigenvalue weighted by Gasteiger charge is -2.12. The first-order valence-electron chi connectivity index (χ1n) is 7.31. The van der Waals surface area contributed by atoms with E-state index in [1.807, 2.05) is 18.4 Å². The van der Waals surface area contributed by atoms with Crippen molar-refractivity contribution in [3.63, 3.8) is 0 Å². The van der Waals surface area contributed by atoms with E-state index in [4.69, 9.17) is 0 Å². The summed E-state index contributed by atoms with van der Waals surface area (Å²) in [6, 6.07) is 4.20. The molecule has 2 rings (SSSR count). The van der Waals surface area contributed by atoms with Crippen LogP contribution in [0.15, 0.2) is 29.4 Å². The van der Waals surface area contributed by atoms with E-state index < -0.39 is 20.4 Å². The molecule has 1 heterocycles. The van der Waals surface area contributed by atoms with Crippen LogP contribution in [0.1, 0.15) is 25.6 Å². The Bertz CT molecular complexity index is 845. The lowest BCUT2D eigenvalue weighted by molar-refractivity contribution is -0.386. The number of hydrogen-bond acceptors (Lipinski definition) is 7. The summed E-state index contributed by atoms with van der Waals surface area (Å²) in [5, 5.41) is 22.1. The fraction of sp³-hybridized carbons (Fsp3) is 0.429. The summed E-state index contributed by atoms with van der Waals surface area (Å²) in [7, 11) is -3.69. The predicted molar refractivity (Wildman–Crippen MR) is 88.8 cm³/mol. The van der Waals surface area contributed by atoms with Gasteiger partial charge in [-0.1, -0.05) is 19.9 Å². The normalized spacial score (nSPS) is 11.7. The second-order valence-corrected chi connectivity index (χ2v) is 7.63. The van der Waals surface area contributed by atoms with Crippen LogP contribution in [0.25, 0.3) is 0 Å². The number of nitrogens with zero attached hydrogens (tertiary/aromatic N) is 4. The molecule has 2 aromatic rings. The number of hydrogen-bond donors (Lipinski definition) is 1. The Morgan fingerprint density at radius 3 is 2.67 bits per heavy atom. The third-order valence-corrected chi connectivity index (χ3v) is 4.54. The van der Waals surface area contributed by atoms with Crippen LogP contribution in [0.2, 0.25) is 0 Å². The summed E-state index contributed by atoms with van der Waals surface area (Å²) >= 11 is 0. The van der Waals surface area contributed by atoms with Crippen molar-refractivity contribution in [1.82, 2.24) is 14.8 Å². The van der Waals surface area contributed by atoms with Crippen molar-refractivity contribution in [2.75, 3.05) is 18.1 Å². The standard InChI is InChI=1S/C14H19N5O4S/c1-10(2)14-17-16-9-18(14)8-7-15-11-5-4-6-12(24(3,22)23)13(11)19(20)21/h4-6,9-10,15H,7-8H2,1-3H3. The molecule has 9 nitrogen and oxygen atoms in total. The molecule has 0 unspecified atom stereocenters. The van der Waals surface area contributed by atoms with Crippen LogP contribution in [0.3, 0.4) is 0 Å². The summed E-state index contributed by atoms with van der Waals surface area (Å²) in [4.78, 5) is 10.3. The lowest BCUT2D eigenvalue weighted by atomic mass is 10.2. The number of rotatable bonds is 7. The SMILES string of the molecule is CC(C)c1nncn1CCNc1cccc(S(C)(=O)=O)c1[N+](=O)[O-]. The van der Waals surface area contributed by atoms with Crippen LogP contribution in [0.4, 0.5) is 11.4 Å². The van der Waals surface area contributed by atoms with E-state index >= 15 is 0 Å². The molecular formula is C14H19N5O4S. The highest BCUT2D eigenvalue weighted by Crippen LogP contribution is 2.31. The molecule has 0 saturated heterocycles. The zero-order valence-corrected chi connectivity index (χ0v) is 14.4. The molecule has 130 valence electrons. The molecule has 0 atom stereocenters. The van der Waals surface area contributed by atoms with Crippen LogP contribution < -0.4 is 5.32 Å². The minimum Gasteiger partial charge on any atom is -0.378 e. The summed E-state index contributed by atoms with van der Waals surface area (Å²) in [5.74, 6) is 1.02. The Morgan fingerprint density at radius 1 is 1.38 bits per heavy atom. The maximum Gasteiger partial charge on any atom is 0.310 e. The number of nitro benzene ring substituents is 1. The lowest BCUT2D eigenvalue weighted by Crippen LogP contribution is -2.14. The van der Waals surface area contributed by atoms with Crippen LogP contribution in [-0.4, -0.2) is 40.9 Å². The van der Waals surface area contributed by atoms with Crippen LogP contribution in [0.5, 0.6) is 0 Å². The molecule has 0 bridgehead atoms. The number of sulfone groups is 1. The Labute approximate surface area is 139 Å². The van der Waals surface area contributed by atoms with Crippen LogP contribution >= 0.6 is 0 Å². The fourth-order valence-corrected chi connectivity index (χ4v) is 3.21. The minimum atomic E-state index is -3.69. The van der Waals surface area contributed by atoms with Crippen molar-refractivity contribution in [3.05, 3.63) is 40.5 Å². The smallest absolute Gasteiger partial charge is 0.310 e. The van der Waals surface area contributed by atoms with Gasteiger partial charge in [0.1, 0.15) is 22.7 Å². The Balaban J connectivity index is 2.21. The number of aromatic nitrogens is 3. The number of nitrogens with one attached hydrogen (secondary N) is 1. The average molecular weight is 353 g/mol. The molecule has 0 fully saturated rings. The third kappa shape index (κ3) is 3.88. The van der Waals surface area contributed by atoms with E-state index in [1.54, 1.807) is 6.33 Å². The molecule has 1 N–H and O–H groups in total. The zero-order valence-electron chi connectivity index (χ0n) is 13.6. The molecule has 0 aliphatic carbocycles. The maximum atomic E-state index is 11.7. The minimum absolute atomic E-state index is 0.169. The van der Waals surface area contributed by atoms with Gasteiger partial charge in [0, 0.05) is 25.3 Å². The number of para-hydroxylation sites is 1. The second-order valence-electron chi connectivity index (χ2n) is 5.65. The van der Waals surface area contributed by atoms with E-state index in [-0.39, 0.29) is 16.5 Å². The first-order valence-corrected chi connectivity index (χ1v) is 9.20. The van der Waals surface area contributed by atoms with Gasteiger partial charge in [0.25, 0.3) is 0 Å². The summed E-state index contributed by atoms with van der Waals surface area (Å²) in [5.41, 5.74) is -0.269. The molecule has 1 aromatic heterocycles. The molecule has 0 saturated carbocycles. The van der Waals surface area contributed by atoms with Crippen LogP contribution in [0, 0.1) is 10.1 Å². The van der Waals surface area contributed by atoms with E-state index in [2.05, 4.69) is 15.5 Å². The fourth-order valence-electron chi connectivity index (χ4n) is 2.35. The van der Waals surface area contributed by atoms with E-state index in [0.717, 1.165) is 12.1 Å². The van der Waals surface area contributed by atoms with Gasteiger partial charge in [-0.05, 0) is 12.1 Å². The van der Waals surface area contributed by atoms with Gasteiger partial charge in [-0.3, -0.25) is 10.1 Å². The topological polar surface area (TPSA) is 120 Å². The second kappa shape index (κ2) is 6.95. The number of anilines is 1. The van der Waals surface area contributed by atoms with Crippen molar-refractivity contribution in [2.24, 2.45) is 0 Å². The molecule has 1 aromatic carbocycles. The number of nitro groups is 1. The van der Waals surface area contributed by atoms with Gasteiger partial charge in [0.2, 0.25) is 0 Å². The maximum absolute atomic E-state index is 11.7. The van der Waals surface area contributed by atoms with Crippen molar-refractivity contribution in [1.29, 1.82) is 0 Å². The molecule has 0 radical (unpaired) electrons. The summed E-state index contributed by atoms with van der Waals surface area (Å²) < 4.78 is 25.3. The Morgan fingerprint density at radius 2 is 2.08 bits per heavy atom. The quantitative estimate of drug-likeness (QED) is 0.595. The molecular weight excluding hydrogens is 334 g/mol. The highest BCUT2D eigenvalue weighted by molar-refractivity contribution is 7.90. The van der Waals surface area contributed by atoms with Gasteiger partial charge in [-0.2, -0.15) is 0 Å².